The van der Waals surface area contributed by atoms with E-state index in [1.165, 1.54) is 36.5 Å². The summed E-state index contributed by atoms with van der Waals surface area (Å²) in [6.45, 7) is 0.0570. The van der Waals surface area contributed by atoms with E-state index in [0.29, 0.717) is 22.3 Å². The standard InChI is InChI=1S/C32H25F4N3O4S/c33-25-7-11-30-22(14-25)17-31(43-30)44(41,42)39-19-23(20-4-2-1-3-5-20)16-28(39)29(40)10-8-26-15-21(12-13-37-26)27-9-6-24(18-38-27)32(34,35)36/h1-7,9,11-15,17-18,23,28H,8,10,16,19H2/t23-,28+/m1/s1. The first-order chi connectivity index (χ1) is 21.0. The van der Waals surface area contributed by atoms with Crippen LogP contribution in [0.3, 0.4) is 0 Å². The molecule has 4 heterocycles. The Morgan fingerprint density at radius 3 is 2.50 bits per heavy atom. The highest BCUT2D eigenvalue weighted by Gasteiger charge is 2.45. The van der Waals surface area contributed by atoms with Crippen LogP contribution in [0.5, 0.6) is 0 Å². The number of Topliss-reactive ketones (excluding diaryl/α,β-unsaturated/α-hetero) is 1. The van der Waals surface area contributed by atoms with E-state index in [1.807, 2.05) is 30.3 Å². The fourth-order valence-corrected chi connectivity index (χ4v) is 7.10. The molecular formula is C32H25F4N3O4S. The Morgan fingerprint density at radius 1 is 0.977 bits per heavy atom. The molecule has 3 aromatic heterocycles. The second-order valence-electron chi connectivity index (χ2n) is 10.6. The summed E-state index contributed by atoms with van der Waals surface area (Å²) in [7, 11) is -4.27. The highest BCUT2D eigenvalue weighted by Crippen LogP contribution is 2.38. The van der Waals surface area contributed by atoms with Gasteiger partial charge in [0, 0.05) is 48.1 Å². The molecule has 44 heavy (non-hydrogen) atoms. The van der Waals surface area contributed by atoms with E-state index in [4.69, 9.17) is 4.42 Å². The number of benzene rings is 2. The van der Waals surface area contributed by atoms with Gasteiger partial charge in [-0.1, -0.05) is 30.3 Å². The fourth-order valence-electron chi connectivity index (χ4n) is 5.49. The number of ketones is 1. The molecule has 0 aliphatic carbocycles. The Balaban J connectivity index is 1.23. The first-order valence-electron chi connectivity index (χ1n) is 13.8. The van der Waals surface area contributed by atoms with Crippen molar-refractivity contribution in [3.05, 3.63) is 114 Å². The minimum absolute atomic E-state index is 0.0273. The third-order valence-corrected chi connectivity index (χ3v) is 9.48. The summed E-state index contributed by atoms with van der Waals surface area (Å²) in [5.74, 6) is -1.09. The minimum Gasteiger partial charge on any atom is -0.443 e. The second-order valence-corrected chi connectivity index (χ2v) is 12.4. The Kier molecular flexibility index (Phi) is 7.80. The lowest BCUT2D eigenvalue weighted by Gasteiger charge is -2.21. The Bertz CT molecular complexity index is 1930. The van der Waals surface area contributed by atoms with Crippen LogP contribution in [0.2, 0.25) is 0 Å². The van der Waals surface area contributed by atoms with Crippen LogP contribution >= 0.6 is 0 Å². The van der Waals surface area contributed by atoms with E-state index in [-0.39, 0.29) is 48.2 Å². The zero-order valence-corrected chi connectivity index (χ0v) is 23.9. The number of carbonyl (C=O) groups excluding carboxylic acids is 1. The number of rotatable bonds is 8. The van der Waals surface area contributed by atoms with E-state index < -0.39 is 33.6 Å². The number of alkyl halides is 3. The van der Waals surface area contributed by atoms with Crippen LogP contribution in [-0.4, -0.2) is 41.1 Å². The molecule has 1 aliphatic rings. The zero-order valence-electron chi connectivity index (χ0n) is 23.0. The number of hydrogen-bond acceptors (Lipinski definition) is 6. The lowest BCUT2D eigenvalue weighted by atomic mass is 9.94. The first-order valence-corrected chi connectivity index (χ1v) is 15.2. The van der Waals surface area contributed by atoms with Crippen LogP contribution < -0.4 is 0 Å². The van der Waals surface area contributed by atoms with Gasteiger partial charge in [0.2, 0.25) is 5.09 Å². The second kappa shape index (κ2) is 11.6. The molecule has 2 atom stereocenters. The van der Waals surface area contributed by atoms with Crippen LogP contribution in [0.4, 0.5) is 17.6 Å². The van der Waals surface area contributed by atoms with Crippen molar-refractivity contribution in [1.82, 2.24) is 14.3 Å². The van der Waals surface area contributed by atoms with Crippen LogP contribution in [-0.2, 0) is 27.4 Å². The van der Waals surface area contributed by atoms with Crippen LogP contribution in [0, 0.1) is 5.82 Å². The monoisotopic (exact) mass is 623 g/mol. The maximum atomic E-state index is 13.8. The summed E-state index contributed by atoms with van der Waals surface area (Å²) in [4.78, 5) is 21.9. The third kappa shape index (κ3) is 6.00. The molecule has 226 valence electrons. The molecule has 0 unspecified atom stereocenters. The predicted molar refractivity (Wildman–Crippen MR) is 153 cm³/mol. The predicted octanol–water partition coefficient (Wildman–Crippen LogP) is 6.80. The molecule has 0 bridgehead atoms. The topological polar surface area (TPSA) is 93.4 Å². The maximum Gasteiger partial charge on any atom is 0.417 e. The average molecular weight is 624 g/mol. The van der Waals surface area contributed by atoms with Gasteiger partial charge in [0.1, 0.15) is 11.4 Å². The normalized spacial score (nSPS) is 17.7. The Morgan fingerprint density at radius 2 is 1.77 bits per heavy atom. The molecule has 0 saturated carbocycles. The lowest BCUT2D eigenvalue weighted by molar-refractivity contribution is -0.137. The van der Waals surface area contributed by atoms with Gasteiger partial charge in [0.25, 0.3) is 10.0 Å². The third-order valence-electron chi connectivity index (χ3n) is 7.75. The van der Waals surface area contributed by atoms with Gasteiger partial charge in [-0.15, -0.1) is 0 Å². The van der Waals surface area contributed by atoms with Crippen LogP contribution in [0.1, 0.15) is 35.6 Å². The summed E-state index contributed by atoms with van der Waals surface area (Å²) in [6, 6.07) is 18.8. The Hall–Kier alpha value is -4.42. The highest BCUT2D eigenvalue weighted by molar-refractivity contribution is 7.89. The molecular weight excluding hydrogens is 598 g/mol. The molecule has 1 aliphatic heterocycles. The number of aryl methyl sites for hydroxylation is 1. The zero-order chi connectivity index (χ0) is 31.1. The van der Waals surface area contributed by atoms with Crippen LogP contribution in [0.15, 0.2) is 101 Å². The molecule has 0 spiro atoms. The summed E-state index contributed by atoms with van der Waals surface area (Å²) < 4.78 is 87.0. The first kappa shape index (κ1) is 29.6. The smallest absolute Gasteiger partial charge is 0.417 e. The Labute approximate surface area is 250 Å². The van der Waals surface area contributed by atoms with Crippen molar-refractivity contribution in [3.8, 4) is 11.3 Å². The fraction of sp³-hybridized carbons (Fsp3) is 0.219. The van der Waals surface area contributed by atoms with E-state index >= 15 is 0 Å². The molecule has 5 aromatic rings. The van der Waals surface area contributed by atoms with Gasteiger partial charge in [0.15, 0.2) is 5.78 Å². The molecule has 0 radical (unpaired) electrons. The summed E-state index contributed by atoms with van der Waals surface area (Å²) in [5.41, 5.74) is 1.60. The van der Waals surface area contributed by atoms with E-state index in [9.17, 15) is 30.8 Å². The molecule has 12 heteroatoms. The number of aromatic nitrogens is 2. The largest absolute Gasteiger partial charge is 0.443 e. The van der Waals surface area contributed by atoms with Crippen molar-refractivity contribution in [3.63, 3.8) is 0 Å². The SMILES string of the molecule is O=C(CCc1cc(-c2ccc(C(F)(F)F)cn2)ccn1)[C@@H]1C[C@@H](c2ccccc2)CN1S(=O)(=O)c1cc2cc(F)ccc2o1. The van der Waals surface area contributed by atoms with Crippen molar-refractivity contribution in [2.24, 2.45) is 0 Å². The number of hydrogen-bond donors (Lipinski definition) is 0. The van der Waals surface area contributed by atoms with Crippen molar-refractivity contribution in [2.75, 3.05) is 6.54 Å². The van der Waals surface area contributed by atoms with E-state index in [2.05, 4.69) is 9.97 Å². The van der Waals surface area contributed by atoms with E-state index in [1.54, 1.807) is 12.1 Å². The molecule has 1 saturated heterocycles. The number of furan rings is 1. The summed E-state index contributed by atoms with van der Waals surface area (Å²) in [5, 5.41) is -0.0817. The minimum atomic E-state index is -4.50. The quantitative estimate of drug-likeness (QED) is 0.177. The molecule has 7 nitrogen and oxygen atoms in total. The molecule has 2 aromatic carbocycles. The lowest BCUT2D eigenvalue weighted by Crippen LogP contribution is -2.40. The number of carbonyl (C=O) groups is 1. The highest BCUT2D eigenvalue weighted by atomic mass is 32.2. The van der Waals surface area contributed by atoms with Gasteiger partial charge >= 0.3 is 6.18 Å². The number of nitrogens with zero attached hydrogens (tertiary/aromatic N) is 3. The molecule has 0 N–H and O–H groups in total. The number of halogens is 4. The number of sulfonamides is 1. The maximum absolute atomic E-state index is 13.8. The van der Waals surface area contributed by atoms with Crippen molar-refractivity contribution >= 4 is 26.8 Å². The van der Waals surface area contributed by atoms with Gasteiger partial charge in [0.05, 0.1) is 17.3 Å². The van der Waals surface area contributed by atoms with Gasteiger partial charge in [-0.05, 0) is 66.8 Å². The van der Waals surface area contributed by atoms with Gasteiger partial charge in [-0.2, -0.15) is 17.5 Å². The van der Waals surface area contributed by atoms with E-state index in [0.717, 1.165) is 22.1 Å². The van der Waals surface area contributed by atoms with Crippen molar-refractivity contribution < 1.29 is 35.2 Å². The molecule has 0 amide bonds. The van der Waals surface area contributed by atoms with Gasteiger partial charge < -0.3 is 4.42 Å². The van der Waals surface area contributed by atoms with Crippen molar-refractivity contribution in [1.29, 1.82) is 0 Å². The van der Waals surface area contributed by atoms with Gasteiger partial charge in [-0.25, -0.2) is 12.8 Å². The summed E-state index contributed by atoms with van der Waals surface area (Å²) >= 11 is 0. The van der Waals surface area contributed by atoms with Gasteiger partial charge in [-0.3, -0.25) is 14.8 Å². The van der Waals surface area contributed by atoms with Crippen LogP contribution in [0.25, 0.3) is 22.2 Å². The molecule has 1 fully saturated rings. The summed E-state index contributed by atoms with van der Waals surface area (Å²) in [6.07, 6.45) is -1.84. The average Bonchev–Trinajstić information content (AvgIpc) is 3.66. The van der Waals surface area contributed by atoms with Crippen molar-refractivity contribution in [2.45, 2.75) is 42.5 Å². The number of fused-ring (bicyclic) bond motifs is 1. The molecule has 6 rings (SSSR count). The number of pyridine rings is 2.